The quantitative estimate of drug-likeness (QED) is 0.510. The zero-order valence-electron chi connectivity index (χ0n) is 19.2. The fraction of sp³-hybridized carbons (Fsp3) is 0.680. The number of benzene rings is 1. The smallest absolute Gasteiger partial charge is 0.150 e. The number of unbranched alkanes of at least 4 members (excludes halogenated alkanes) is 1. The largest absolute Gasteiger partial charge is 0.321 e. The number of nitrogens with one attached hydrogen (secondary N) is 1. The molecule has 1 saturated heterocycles. The first kappa shape index (κ1) is 25.5. The van der Waals surface area contributed by atoms with Gasteiger partial charge >= 0.3 is 0 Å². The van der Waals surface area contributed by atoms with E-state index in [1.807, 2.05) is 45.9 Å². The number of nitrogens with two attached hydrogens (primary N) is 1. The van der Waals surface area contributed by atoms with E-state index in [0.29, 0.717) is 6.42 Å². The van der Waals surface area contributed by atoms with Gasteiger partial charge in [-0.3, -0.25) is 9.59 Å². The van der Waals surface area contributed by atoms with E-state index >= 15 is 0 Å². The van der Waals surface area contributed by atoms with E-state index in [-0.39, 0.29) is 35.0 Å². The Morgan fingerprint density at radius 2 is 1.79 bits per heavy atom. The first-order valence-electron chi connectivity index (χ1n) is 11.4. The van der Waals surface area contributed by atoms with Crippen molar-refractivity contribution in [3.63, 3.8) is 0 Å². The van der Waals surface area contributed by atoms with Gasteiger partial charge in [-0.1, -0.05) is 70.9 Å². The van der Waals surface area contributed by atoms with Gasteiger partial charge in [0.1, 0.15) is 11.6 Å². The summed E-state index contributed by atoms with van der Waals surface area (Å²) in [6, 6.07) is 9.89. The summed E-state index contributed by atoms with van der Waals surface area (Å²) in [4.78, 5) is 24.7. The Kier molecular flexibility index (Phi) is 11.4. The highest BCUT2D eigenvalue weighted by Gasteiger charge is 2.37. The van der Waals surface area contributed by atoms with Crippen LogP contribution in [-0.2, 0) is 9.59 Å². The van der Waals surface area contributed by atoms with E-state index in [2.05, 4.69) is 17.4 Å². The molecule has 0 radical (unpaired) electrons. The van der Waals surface area contributed by atoms with Gasteiger partial charge in [0.25, 0.3) is 0 Å². The van der Waals surface area contributed by atoms with E-state index in [4.69, 9.17) is 5.73 Å². The Bertz CT molecular complexity index is 607. The van der Waals surface area contributed by atoms with Gasteiger partial charge in [-0.2, -0.15) is 0 Å². The Labute approximate surface area is 178 Å². The van der Waals surface area contributed by atoms with Crippen molar-refractivity contribution in [2.75, 3.05) is 6.54 Å². The van der Waals surface area contributed by atoms with Crippen LogP contribution in [0.4, 0.5) is 0 Å². The molecule has 0 amide bonds. The van der Waals surface area contributed by atoms with Crippen LogP contribution in [0.3, 0.4) is 0 Å². The van der Waals surface area contributed by atoms with E-state index in [9.17, 15) is 9.59 Å². The number of ketones is 2. The summed E-state index contributed by atoms with van der Waals surface area (Å²) >= 11 is 0. The normalized spacial score (nSPS) is 20.7. The maximum Gasteiger partial charge on any atom is 0.150 e. The molecule has 1 aliphatic heterocycles. The molecule has 4 heteroatoms. The second-order valence-corrected chi connectivity index (χ2v) is 8.46. The van der Waals surface area contributed by atoms with Crippen molar-refractivity contribution >= 4 is 11.6 Å². The maximum absolute atomic E-state index is 12.6. The molecular formula is C25H42N2O2. The molecule has 0 spiro atoms. The molecule has 1 heterocycles. The summed E-state index contributed by atoms with van der Waals surface area (Å²) in [6.07, 6.45) is 6.39. The molecule has 3 N–H and O–H groups in total. The van der Waals surface area contributed by atoms with E-state index in [1.54, 1.807) is 6.92 Å². The second kappa shape index (κ2) is 12.9. The summed E-state index contributed by atoms with van der Waals surface area (Å²) in [5.74, 6) is 0.778. The molecule has 1 aromatic carbocycles. The first-order valence-corrected chi connectivity index (χ1v) is 11.4. The molecule has 29 heavy (non-hydrogen) atoms. The molecule has 1 aliphatic rings. The van der Waals surface area contributed by atoms with Crippen LogP contribution in [0.25, 0.3) is 0 Å². The standard InChI is InChI=1S/C23H36N2O2.C2H6/c1-17(2)22(24)21(27)16-20(19-10-5-4-6-11-19)12-7-8-13-23(18(3)26)14-9-15-25-23;1-2/h4-6,10-11,17,20,22,25H,7-9,12-16,24H2,1-3H3;1-2H3. The highest BCUT2D eigenvalue weighted by atomic mass is 16.1. The average Bonchev–Trinajstić information content (AvgIpc) is 3.22. The fourth-order valence-electron chi connectivity index (χ4n) is 4.18. The lowest BCUT2D eigenvalue weighted by atomic mass is 9.83. The topological polar surface area (TPSA) is 72.2 Å². The summed E-state index contributed by atoms with van der Waals surface area (Å²) in [5.41, 5.74) is 6.98. The number of Topliss-reactive ketones (excluding diaryl/α,β-unsaturated/α-hetero) is 2. The molecule has 0 bridgehead atoms. The summed E-state index contributed by atoms with van der Waals surface area (Å²) in [5, 5.41) is 3.43. The van der Waals surface area contributed by atoms with Gasteiger partial charge in [0, 0.05) is 6.42 Å². The third-order valence-corrected chi connectivity index (χ3v) is 6.13. The molecule has 2 rings (SSSR count). The fourth-order valence-corrected chi connectivity index (χ4v) is 4.18. The Morgan fingerprint density at radius 1 is 1.14 bits per heavy atom. The lowest BCUT2D eigenvalue weighted by Crippen LogP contribution is -2.46. The van der Waals surface area contributed by atoms with E-state index in [0.717, 1.165) is 45.1 Å². The molecule has 1 aromatic rings. The first-order chi connectivity index (χ1) is 13.9. The molecule has 3 unspecified atom stereocenters. The zero-order valence-corrected chi connectivity index (χ0v) is 19.2. The SMILES string of the molecule is CC.CC(=O)C1(CCCCC(CC(=O)C(N)C(C)C)c2ccccc2)CCCN1. The van der Waals surface area contributed by atoms with Crippen molar-refractivity contribution in [2.45, 2.75) is 97.1 Å². The van der Waals surface area contributed by atoms with Crippen molar-refractivity contribution in [3.8, 4) is 0 Å². The maximum atomic E-state index is 12.6. The minimum absolute atomic E-state index is 0.150. The van der Waals surface area contributed by atoms with E-state index in [1.165, 1.54) is 5.56 Å². The number of carbonyl (C=O) groups is 2. The molecule has 4 nitrogen and oxygen atoms in total. The van der Waals surface area contributed by atoms with Gasteiger partial charge in [0.05, 0.1) is 11.6 Å². The van der Waals surface area contributed by atoms with Gasteiger partial charge < -0.3 is 11.1 Å². The van der Waals surface area contributed by atoms with Gasteiger partial charge in [0.15, 0.2) is 0 Å². The molecular weight excluding hydrogens is 360 g/mol. The average molecular weight is 403 g/mol. The lowest BCUT2D eigenvalue weighted by molar-refractivity contribution is -0.123. The lowest BCUT2D eigenvalue weighted by Gasteiger charge is -2.27. The molecule has 3 atom stereocenters. The van der Waals surface area contributed by atoms with Crippen LogP contribution < -0.4 is 11.1 Å². The Hall–Kier alpha value is -1.52. The van der Waals surface area contributed by atoms with Gasteiger partial charge in [-0.15, -0.1) is 0 Å². The van der Waals surface area contributed by atoms with E-state index < -0.39 is 0 Å². The highest BCUT2D eigenvalue weighted by Crippen LogP contribution is 2.30. The summed E-state index contributed by atoms with van der Waals surface area (Å²) < 4.78 is 0. The summed E-state index contributed by atoms with van der Waals surface area (Å²) in [7, 11) is 0. The van der Waals surface area contributed by atoms with Crippen LogP contribution in [-0.4, -0.2) is 29.7 Å². The Balaban J connectivity index is 0.00000204. The van der Waals surface area contributed by atoms with Crippen LogP contribution in [0.5, 0.6) is 0 Å². The molecule has 0 saturated carbocycles. The second-order valence-electron chi connectivity index (χ2n) is 8.46. The third-order valence-electron chi connectivity index (χ3n) is 6.13. The van der Waals surface area contributed by atoms with Crippen molar-refractivity contribution in [2.24, 2.45) is 11.7 Å². The Morgan fingerprint density at radius 3 is 2.31 bits per heavy atom. The van der Waals surface area contributed by atoms with Crippen LogP contribution in [0.15, 0.2) is 30.3 Å². The minimum atomic E-state index is -0.389. The third kappa shape index (κ3) is 7.67. The van der Waals surface area contributed by atoms with Gasteiger partial charge in [-0.25, -0.2) is 0 Å². The highest BCUT2D eigenvalue weighted by molar-refractivity contribution is 5.86. The van der Waals surface area contributed by atoms with Crippen LogP contribution in [0.2, 0.25) is 0 Å². The predicted octanol–water partition coefficient (Wildman–Crippen LogP) is 5.01. The van der Waals surface area contributed by atoms with Crippen LogP contribution in [0, 0.1) is 5.92 Å². The van der Waals surface area contributed by atoms with Crippen molar-refractivity contribution in [1.82, 2.24) is 5.32 Å². The van der Waals surface area contributed by atoms with Crippen LogP contribution >= 0.6 is 0 Å². The van der Waals surface area contributed by atoms with Crippen molar-refractivity contribution in [3.05, 3.63) is 35.9 Å². The van der Waals surface area contributed by atoms with Crippen LogP contribution in [0.1, 0.15) is 91.0 Å². The zero-order chi connectivity index (χ0) is 21.9. The number of hydrogen-bond donors (Lipinski definition) is 2. The monoisotopic (exact) mass is 402 g/mol. The van der Waals surface area contributed by atoms with Crippen molar-refractivity contribution < 1.29 is 9.59 Å². The minimum Gasteiger partial charge on any atom is -0.321 e. The molecule has 0 aromatic heterocycles. The van der Waals surface area contributed by atoms with Gasteiger partial charge in [0.2, 0.25) is 0 Å². The molecule has 1 fully saturated rings. The number of rotatable bonds is 11. The van der Waals surface area contributed by atoms with Crippen molar-refractivity contribution in [1.29, 1.82) is 0 Å². The molecule has 0 aliphatic carbocycles. The van der Waals surface area contributed by atoms with Gasteiger partial charge in [-0.05, 0) is 56.6 Å². The molecule has 164 valence electrons. The number of hydrogen-bond acceptors (Lipinski definition) is 4. The predicted molar refractivity (Wildman–Crippen MR) is 122 cm³/mol. The summed E-state index contributed by atoms with van der Waals surface area (Å²) in [6.45, 7) is 10.6. The number of carbonyl (C=O) groups excluding carboxylic acids is 2.